The molecule has 1 N–H and O–H groups in total. The Labute approximate surface area is 85.4 Å². The molecule has 13 heavy (non-hydrogen) atoms. The van der Waals surface area contributed by atoms with Crippen LogP contribution in [0.15, 0.2) is 16.6 Å². The highest BCUT2D eigenvalue weighted by atomic mass is 79.9. The highest BCUT2D eigenvalue weighted by molar-refractivity contribution is 9.10. The topological polar surface area (TPSA) is 38.7 Å². The summed E-state index contributed by atoms with van der Waals surface area (Å²) in [7, 11) is 3.13. The van der Waals surface area contributed by atoms with Gasteiger partial charge in [0, 0.05) is 0 Å². The minimum absolute atomic E-state index is 0.0268. The zero-order chi connectivity index (χ0) is 9.84. The van der Waals surface area contributed by atoms with Crippen molar-refractivity contribution in [3.8, 4) is 11.5 Å². The van der Waals surface area contributed by atoms with Crippen molar-refractivity contribution in [2.24, 2.45) is 0 Å². The molecule has 0 radical (unpaired) electrons. The average Bonchev–Trinajstić information content (AvgIpc) is 2.17. The maximum atomic E-state index is 8.98. The molecule has 0 fully saturated rings. The van der Waals surface area contributed by atoms with Crippen molar-refractivity contribution < 1.29 is 14.6 Å². The molecule has 0 heterocycles. The Balaban J connectivity index is 3.23. The van der Waals surface area contributed by atoms with E-state index in [1.54, 1.807) is 26.4 Å². The maximum Gasteiger partial charge on any atom is 0.175 e. The van der Waals surface area contributed by atoms with Gasteiger partial charge in [-0.3, -0.25) is 0 Å². The van der Waals surface area contributed by atoms with Crippen molar-refractivity contribution in [2.75, 3.05) is 14.2 Å². The van der Waals surface area contributed by atoms with Gasteiger partial charge in [-0.25, -0.2) is 0 Å². The smallest absolute Gasteiger partial charge is 0.175 e. The van der Waals surface area contributed by atoms with Crippen LogP contribution in [-0.4, -0.2) is 19.3 Å². The Hall–Kier alpha value is -0.740. The molecule has 0 saturated carbocycles. The third-order valence-electron chi connectivity index (χ3n) is 1.74. The molecule has 0 atom stereocenters. The minimum Gasteiger partial charge on any atom is -0.493 e. The van der Waals surface area contributed by atoms with Gasteiger partial charge in [0.2, 0.25) is 0 Å². The number of halogens is 1. The van der Waals surface area contributed by atoms with Crippen LogP contribution >= 0.6 is 15.9 Å². The minimum atomic E-state index is -0.0268. The normalized spacial score (nSPS) is 9.85. The molecular formula is C9H11BrO3. The van der Waals surface area contributed by atoms with E-state index in [2.05, 4.69) is 15.9 Å². The number of aliphatic hydroxyl groups is 1. The zero-order valence-electron chi connectivity index (χ0n) is 7.50. The van der Waals surface area contributed by atoms with E-state index in [1.807, 2.05) is 0 Å². The standard InChI is InChI=1S/C9H11BrO3/c1-12-7-4-3-6(5-11)8(10)9(7)13-2/h3-4,11H,5H2,1-2H3. The Bertz CT molecular complexity index is 299. The molecule has 0 aliphatic carbocycles. The molecule has 0 aliphatic rings. The van der Waals surface area contributed by atoms with Crippen LogP contribution in [-0.2, 0) is 6.61 Å². The molecule has 72 valence electrons. The van der Waals surface area contributed by atoms with Crippen molar-refractivity contribution in [1.29, 1.82) is 0 Å². The van der Waals surface area contributed by atoms with Crippen LogP contribution in [0.5, 0.6) is 11.5 Å². The third-order valence-corrected chi connectivity index (χ3v) is 2.60. The van der Waals surface area contributed by atoms with Crippen LogP contribution in [0.25, 0.3) is 0 Å². The number of hydrogen-bond acceptors (Lipinski definition) is 3. The van der Waals surface area contributed by atoms with Crippen LogP contribution in [0.1, 0.15) is 5.56 Å². The van der Waals surface area contributed by atoms with Gasteiger partial charge < -0.3 is 14.6 Å². The van der Waals surface area contributed by atoms with Crippen LogP contribution in [0, 0.1) is 0 Å². The summed E-state index contributed by atoms with van der Waals surface area (Å²) in [5.74, 6) is 1.25. The number of ether oxygens (including phenoxy) is 2. The quantitative estimate of drug-likeness (QED) is 0.887. The summed E-state index contributed by atoms with van der Waals surface area (Å²) in [4.78, 5) is 0. The predicted octanol–water partition coefficient (Wildman–Crippen LogP) is 1.96. The highest BCUT2D eigenvalue weighted by Gasteiger charge is 2.11. The molecule has 0 aromatic heterocycles. The summed E-state index contributed by atoms with van der Waals surface area (Å²) in [6.45, 7) is -0.0268. The van der Waals surface area contributed by atoms with Crippen molar-refractivity contribution in [3.05, 3.63) is 22.2 Å². The molecule has 3 nitrogen and oxygen atoms in total. The molecule has 1 rings (SSSR count). The van der Waals surface area contributed by atoms with Crippen molar-refractivity contribution >= 4 is 15.9 Å². The summed E-state index contributed by atoms with van der Waals surface area (Å²) in [5.41, 5.74) is 0.776. The van der Waals surface area contributed by atoms with Crippen LogP contribution in [0.4, 0.5) is 0 Å². The molecule has 4 heteroatoms. The molecule has 0 spiro atoms. The van der Waals surface area contributed by atoms with Gasteiger partial charge in [-0.05, 0) is 27.6 Å². The largest absolute Gasteiger partial charge is 0.493 e. The van der Waals surface area contributed by atoms with Crippen LogP contribution < -0.4 is 9.47 Å². The fourth-order valence-electron chi connectivity index (χ4n) is 1.05. The summed E-state index contributed by atoms with van der Waals surface area (Å²) in [5, 5.41) is 8.98. The van der Waals surface area contributed by atoms with Crippen molar-refractivity contribution in [1.82, 2.24) is 0 Å². The number of rotatable bonds is 3. The van der Waals surface area contributed by atoms with E-state index in [9.17, 15) is 0 Å². The Morgan fingerprint density at radius 1 is 1.31 bits per heavy atom. The van der Waals surface area contributed by atoms with Gasteiger partial charge in [-0.1, -0.05) is 6.07 Å². The van der Waals surface area contributed by atoms with Gasteiger partial charge in [-0.15, -0.1) is 0 Å². The van der Waals surface area contributed by atoms with Gasteiger partial charge in [0.25, 0.3) is 0 Å². The summed E-state index contributed by atoms with van der Waals surface area (Å²) >= 11 is 3.33. The Morgan fingerprint density at radius 2 is 2.00 bits per heavy atom. The fourth-order valence-corrected chi connectivity index (χ4v) is 1.67. The Morgan fingerprint density at radius 3 is 2.46 bits per heavy atom. The lowest BCUT2D eigenvalue weighted by atomic mass is 10.2. The predicted molar refractivity (Wildman–Crippen MR) is 53.2 cm³/mol. The first-order valence-electron chi connectivity index (χ1n) is 3.74. The SMILES string of the molecule is COc1ccc(CO)c(Br)c1OC. The van der Waals surface area contributed by atoms with Crippen molar-refractivity contribution in [2.45, 2.75) is 6.61 Å². The monoisotopic (exact) mass is 246 g/mol. The molecule has 1 aromatic carbocycles. The molecule has 1 aromatic rings. The lowest BCUT2D eigenvalue weighted by molar-refractivity contribution is 0.279. The van der Waals surface area contributed by atoms with Crippen LogP contribution in [0.3, 0.4) is 0 Å². The summed E-state index contributed by atoms with van der Waals surface area (Å²) < 4.78 is 10.9. The second-order valence-electron chi connectivity index (χ2n) is 2.43. The number of aliphatic hydroxyl groups excluding tert-OH is 1. The van der Waals surface area contributed by atoms with E-state index in [1.165, 1.54) is 0 Å². The van der Waals surface area contributed by atoms with E-state index in [-0.39, 0.29) is 6.61 Å². The van der Waals surface area contributed by atoms with E-state index < -0.39 is 0 Å². The first kappa shape index (κ1) is 10.3. The van der Waals surface area contributed by atoms with Crippen LogP contribution in [0.2, 0.25) is 0 Å². The van der Waals surface area contributed by atoms with Gasteiger partial charge in [0.05, 0.1) is 25.3 Å². The van der Waals surface area contributed by atoms with Crippen molar-refractivity contribution in [3.63, 3.8) is 0 Å². The number of benzene rings is 1. The highest BCUT2D eigenvalue weighted by Crippen LogP contribution is 2.37. The fraction of sp³-hybridized carbons (Fsp3) is 0.333. The molecular weight excluding hydrogens is 236 g/mol. The van der Waals surface area contributed by atoms with Gasteiger partial charge in [0.15, 0.2) is 11.5 Å². The van der Waals surface area contributed by atoms with Gasteiger partial charge >= 0.3 is 0 Å². The molecule has 0 saturated heterocycles. The molecule has 0 aliphatic heterocycles. The van der Waals surface area contributed by atoms with E-state index in [0.717, 1.165) is 10.0 Å². The lowest BCUT2D eigenvalue weighted by Crippen LogP contribution is -1.94. The number of methoxy groups -OCH3 is 2. The average molecular weight is 247 g/mol. The van der Waals surface area contributed by atoms with Gasteiger partial charge in [-0.2, -0.15) is 0 Å². The second-order valence-corrected chi connectivity index (χ2v) is 3.23. The zero-order valence-corrected chi connectivity index (χ0v) is 9.09. The third kappa shape index (κ3) is 1.95. The second kappa shape index (κ2) is 4.48. The summed E-state index contributed by atoms with van der Waals surface area (Å²) in [6.07, 6.45) is 0. The van der Waals surface area contributed by atoms with E-state index >= 15 is 0 Å². The molecule has 0 unspecified atom stereocenters. The van der Waals surface area contributed by atoms with E-state index in [0.29, 0.717) is 11.5 Å². The maximum absolute atomic E-state index is 8.98. The lowest BCUT2D eigenvalue weighted by Gasteiger charge is -2.11. The molecule has 0 bridgehead atoms. The summed E-state index contributed by atoms with van der Waals surface area (Å²) in [6, 6.07) is 3.54. The molecule has 0 amide bonds. The van der Waals surface area contributed by atoms with Gasteiger partial charge in [0.1, 0.15) is 0 Å². The Kier molecular flexibility index (Phi) is 3.57. The van der Waals surface area contributed by atoms with E-state index in [4.69, 9.17) is 14.6 Å². The first-order chi connectivity index (χ1) is 6.24. The number of hydrogen-bond donors (Lipinski definition) is 1. The first-order valence-corrected chi connectivity index (χ1v) is 4.54.